The van der Waals surface area contributed by atoms with Crippen molar-refractivity contribution in [2.45, 2.75) is 76.6 Å². The first-order chi connectivity index (χ1) is 16.9. The third-order valence-corrected chi connectivity index (χ3v) is 6.29. The molecule has 11 nitrogen and oxygen atoms in total. The summed E-state index contributed by atoms with van der Waals surface area (Å²) in [6.07, 6.45) is -3.71. The predicted octanol–water partition coefficient (Wildman–Crippen LogP) is 2.91. The van der Waals surface area contributed by atoms with Crippen molar-refractivity contribution in [3.63, 3.8) is 0 Å². The third kappa shape index (κ3) is 4.94. The largest absolute Gasteiger partial charge is 0.508 e. The van der Waals surface area contributed by atoms with Crippen molar-refractivity contribution in [2.24, 2.45) is 0 Å². The average molecular weight is 506 g/mol. The maximum atomic E-state index is 12.4. The van der Waals surface area contributed by atoms with Gasteiger partial charge in [0.1, 0.15) is 43.2 Å². The van der Waals surface area contributed by atoms with Crippen LogP contribution in [0.15, 0.2) is 33.5 Å². The lowest BCUT2D eigenvalue weighted by Gasteiger charge is -2.36. The minimum absolute atomic E-state index is 0.143. The van der Waals surface area contributed by atoms with E-state index in [1.807, 2.05) is 31.1 Å². The number of nitrogens with zero attached hydrogens (tertiary/aromatic N) is 1. The Labute approximate surface area is 208 Å². The van der Waals surface area contributed by atoms with E-state index in [2.05, 4.69) is 0 Å². The molecule has 11 heteroatoms. The van der Waals surface area contributed by atoms with E-state index in [0.29, 0.717) is 16.5 Å². The van der Waals surface area contributed by atoms with Gasteiger partial charge in [0.25, 0.3) is 0 Å². The molecule has 5 atom stereocenters. The minimum Gasteiger partial charge on any atom is -0.431 e. The van der Waals surface area contributed by atoms with E-state index in [-0.39, 0.29) is 13.2 Å². The molecule has 0 amide bonds. The molecule has 4 heterocycles. The molecule has 3 saturated heterocycles. The quantitative estimate of drug-likeness (QED) is 0.441. The van der Waals surface area contributed by atoms with Crippen molar-refractivity contribution in [3.8, 4) is 0 Å². The summed E-state index contributed by atoms with van der Waals surface area (Å²) in [5.74, 6) is -1.70. The summed E-state index contributed by atoms with van der Waals surface area (Å²) < 4.78 is 45.9. The summed E-state index contributed by atoms with van der Waals surface area (Å²) in [4.78, 5) is 26.4. The number of ether oxygens (including phenoxy) is 7. The van der Waals surface area contributed by atoms with E-state index >= 15 is 0 Å². The first-order valence-corrected chi connectivity index (χ1v) is 11.8. The van der Waals surface area contributed by atoms with Crippen LogP contribution in [0.4, 0.5) is 10.5 Å². The average Bonchev–Trinajstić information content (AvgIpc) is 3.28. The molecule has 5 rings (SSSR count). The van der Waals surface area contributed by atoms with Crippen LogP contribution in [0.25, 0.3) is 11.0 Å². The second-order valence-corrected chi connectivity index (χ2v) is 10.2. The standard InChI is InChI=1S/C25H31NO10/c1-24(2)33-19-17(32-22-21(20(19)34-24)35-25(3,4)36-22)12-30-23(28)29-11-13-9-18(27)31-16-10-14(26(5)6)7-8-15(13)16/h7-10,17,19-22H,11-12H2,1-6H3/t17-,19+,20+,21-,22-/m1/s1. The van der Waals surface area contributed by atoms with Gasteiger partial charge in [0.15, 0.2) is 17.9 Å². The van der Waals surface area contributed by atoms with E-state index in [1.54, 1.807) is 33.8 Å². The first-order valence-electron chi connectivity index (χ1n) is 11.8. The Morgan fingerprint density at radius 3 is 2.39 bits per heavy atom. The van der Waals surface area contributed by atoms with Crippen molar-refractivity contribution < 1.29 is 42.4 Å². The van der Waals surface area contributed by atoms with Gasteiger partial charge in [-0.2, -0.15) is 0 Å². The van der Waals surface area contributed by atoms with Crippen LogP contribution >= 0.6 is 0 Å². The number of carbonyl (C=O) groups is 1. The molecule has 3 aliphatic heterocycles. The molecular weight excluding hydrogens is 474 g/mol. The zero-order chi connectivity index (χ0) is 25.8. The van der Waals surface area contributed by atoms with Gasteiger partial charge in [0.2, 0.25) is 0 Å². The molecule has 3 aliphatic rings. The van der Waals surface area contributed by atoms with Gasteiger partial charge >= 0.3 is 11.8 Å². The normalized spacial score (nSPS) is 30.0. The van der Waals surface area contributed by atoms with Gasteiger partial charge in [-0.15, -0.1) is 0 Å². The lowest BCUT2D eigenvalue weighted by atomic mass is 9.99. The van der Waals surface area contributed by atoms with Gasteiger partial charge in [-0.05, 0) is 39.8 Å². The molecule has 0 unspecified atom stereocenters. The number of hydrogen-bond acceptors (Lipinski definition) is 11. The smallest absolute Gasteiger partial charge is 0.431 e. The SMILES string of the molecule is CN(C)c1ccc2c(COC(=O)OC[C@H]3O[C@@H]4OC(C)(C)O[C@@H]4[C@H]4OC(C)(C)O[C@H]43)cc(=O)oc2c1. The van der Waals surface area contributed by atoms with E-state index < -0.39 is 54.1 Å². The fourth-order valence-electron chi connectivity index (χ4n) is 4.77. The molecule has 0 bridgehead atoms. The molecule has 0 aliphatic carbocycles. The van der Waals surface area contributed by atoms with Gasteiger partial charge in [-0.1, -0.05) is 0 Å². The maximum Gasteiger partial charge on any atom is 0.508 e. The topological polar surface area (TPSA) is 115 Å². The van der Waals surface area contributed by atoms with Gasteiger partial charge in [-0.3, -0.25) is 0 Å². The molecule has 0 N–H and O–H groups in total. The number of hydrogen-bond donors (Lipinski definition) is 0. The number of fused-ring (bicyclic) bond motifs is 4. The van der Waals surface area contributed by atoms with Crippen molar-refractivity contribution in [1.29, 1.82) is 0 Å². The highest BCUT2D eigenvalue weighted by molar-refractivity contribution is 5.83. The molecule has 3 fully saturated rings. The Morgan fingerprint density at radius 1 is 0.944 bits per heavy atom. The van der Waals surface area contributed by atoms with Gasteiger partial charge < -0.3 is 42.5 Å². The van der Waals surface area contributed by atoms with Gasteiger partial charge in [0.05, 0.1) is 0 Å². The molecule has 0 radical (unpaired) electrons. The van der Waals surface area contributed by atoms with E-state index in [1.165, 1.54) is 6.07 Å². The van der Waals surface area contributed by atoms with Crippen LogP contribution in [0, 0.1) is 0 Å². The lowest BCUT2D eigenvalue weighted by Crippen LogP contribution is -2.56. The van der Waals surface area contributed by atoms with Crippen LogP contribution in [0.3, 0.4) is 0 Å². The Kier molecular flexibility index (Phi) is 6.24. The van der Waals surface area contributed by atoms with Crippen molar-refractivity contribution in [3.05, 3.63) is 40.2 Å². The van der Waals surface area contributed by atoms with Gasteiger partial charge in [-0.25, -0.2) is 9.59 Å². The third-order valence-electron chi connectivity index (χ3n) is 6.29. The monoisotopic (exact) mass is 505 g/mol. The molecule has 2 aromatic rings. The summed E-state index contributed by atoms with van der Waals surface area (Å²) in [6, 6.07) is 6.75. The summed E-state index contributed by atoms with van der Waals surface area (Å²) in [7, 11) is 3.77. The van der Waals surface area contributed by atoms with Crippen LogP contribution in [-0.2, 0) is 39.8 Å². The molecular formula is C25H31NO10. The molecule has 1 aromatic heterocycles. The van der Waals surface area contributed by atoms with E-state index in [0.717, 1.165) is 5.69 Å². The maximum absolute atomic E-state index is 12.4. The second kappa shape index (κ2) is 9.00. The van der Waals surface area contributed by atoms with Crippen molar-refractivity contribution in [2.75, 3.05) is 25.6 Å². The summed E-state index contributed by atoms with van der Waals surface area (Å²) >= 11 is 0. The van der Waals surface area contributed by atoms with Crippen LogP contribution < -0.4 is 10.5 Å². The highest BCUT2D eigenvalue weighted by Crippen LogP contribution is 2.44. The molecule has 0 spiro atoms. The second-order valence-electron chi connectivity index (χ2n) is 10.2. The Bertz CT molecular complexity index is 1210. The van der Waals surface area contributed by atoms with E-state index in [9.17, 15) is 9.59 Å². The van der Waals surface area contributed by atoms with Crippen LogP contribution in [-0.4, -0.2) is 69.1 Å². The highest BCUT2D eigenvalue weighted by Gasteiger charge is 2.60. The number of rotatable bonds is 5. The molecule has 1 aromatic carbocycles. The Hall–Kier alpha value is -2.70. The number of carbonyl (C=O) groups excluding carboxylic acids is 1. The van der Waals surface area contributed by atoms with Gasteiger partial charge in [0, 0.05) is 42.9 Å². The fourth-order valence-corrected chi connectivity index (χ4v) is 4.77. The predicted molar refractivity (Wildman–Crippen MR) is 125 cm³/mol. The van der Waals surface area contributed by atoms with Crippen LogP contribution in [0.2, 0.25) is 0 Å². The number of benzene rings is 1. The Balaban J connectivity index is 1.23. The summed E-state index contributed by atoms with van der Waals surface area (Å²) in [5.41, 5.74) is 1.25. The molecule has 196 valence electrons. The highest BCUT2D eigenvalue weighted by atomic mass is 16.9. The van der Waals surface area contributed by atoms with Crippen LogP contribution in [0.1, 0.15) is 33.3 Å². The Morgan fingerprint density at radius 2 is 1.64 bits per heavy atom. The summed E-state index contributed by atoms with van der Waals surface area (Å²) in [5, 5.41) is 0.664. The zero-order valence-electron chi connectivity index (χ0n) is 21.1. The van der Waals surface area contributed by atoms with E-state index in [4.69, 9.17) is 37.6 Å². The zero-order valence-corrected chi connectivity index (χ0v) is 21.1. The summed E-state index contributed by atoms with van der Waals surface area (Å²) in [6.45, 7) is 6.88. The molecule has 36 heavy (non-hydrogen) atoms. The fraction of sp³-hybridized carbons (Fsp3) is 0.600. The van der Waals surface area contributed by atoms with Crippen molar-refractivity contribution >= 4 is 22.8 Å². The van der Waals surface area contributed by atoms with Crippen molar-refractivity contribution in [1.82, 2.24) is 0 Å². The minimum atomic E-state index is -0.911. The van der Waals surface area contributed by atoms with Crippen LogP contribution in [0.5, 0.6) is 0 Å². The first kappa shape index (κ1) is 25.0. The lowest BCUT2D eigenvalue weighted by molar-refractivity contribution is -0.240. The number of anilines is 1. The molecule has 0 saturated carbocycles.